The van der Waals surface area contributed by atoms with Crippen molar-refractivity contribution in [2.75, 3.05) is 6.54 Å². The zero-order valence-electron chi connectivity index (χ0n) is 8.28. The Hall–Kier alpha value is -1.43. The Kier molecular flexibility index (Phi) is 3.58. The van der Waals surface area contributed by atoms with Crippen molar-refractivity contribution >= 4 is 5.91 Å². The van der Waals surface area contributed by atoms with Gasteiger partial charge in [-0.15, -0.1) is 0 Å². The Balaban J connectivity index is 2.72. The van der Waals surface area contributed by atoms with Crippen molar-refractivity contribution in [2.45, 2.75) is 26.3 Å². The van der Waals surface area contributed by atoms with Crippen LogP contribution in [0.2, 0.25) is 0 Å². The number of amides is 1. The van der Waals surface area contributed by atoms with Crippen molar-refractivity contribution in [3.8, 4) is 0 Å². The number of carbonyl (C=O) groups excluding carboxylic acids is 1. The quantitative estimate of drug-likeness (QED) is 0.722. The molecule has 0 fully saturated rings. The summed E-state index contributed by atoms with van der Waals surface area (Å²) in [5.74, 6) is -0.00898. The number of nitrogens with one attached hydrogen (secondary N) is 1. The monoisotopic (exact) mass is 198 g/mol. The lowest BCUT2D eigenvalue weighted by Gasteiger charge is -1.99. The van der Waals surface area contributed by atoms with Crippen LogP contribution in [0.4, 0.5) is 0 Å². The maximum Gasteiger partial charge on any atom is 0.292 e. The summed E-state index contributed by atoms with van der Waals surface area (Å²) in [7, 11) is 0. The van der Waals surface area contributed by atoms with E-state index in [1.54, 1.807) is 0 Å². The van der Waals surface area contributed by atoms with E-state index in [-0.39, 0.29) is 17.8 Å². The molecule has 0 aromatic carbocycles. The molecule has 0 aliphatic rings. The first-order valence-corrected chi connectivity index (χ1v) is 4.56. The number of aromatic nitrogens is 2. The molecule has 78 valence electrons. The molecule has 1 atom stereocenters. The molecule has 1 aromatic heterocycles. The van der Waals surface area contributed by atoms with Gasteiger partial charge in [-0.2, -0.15) is 4.98 Å². The lowest BCUT2D eigenvalue weighted by molar-refractivity contribution is 0.0942. The molecule has 0 aliphatic carbocycles. The van der Waals surface area contributed by atoms with Crippen LogP contribution in [-0.4, -0.2) is 22.6 Å². The summed E-state index contributed by atoms with van der Waals surface area (Å²) >= 11 is 0. The van der Waals surface area contributed by atoms with Gasteiger partial charge in [0.25, 0.3) is 11.7 Å². The molecule has 6 nitrogen and oxygen atoms in total. The van der Waals surface area contributed by atoms with Crippen LogP contribution in [-0.2, 0) is 0 Å². The Bertz CT molecular complexity index is 310. The summed E-state index contributed by atoms with van der Waals surface area (Å²) in [5, 5.41) is 6.09. The highest BCUT2D eigenvalue weighted by Crippen LogP contribution is 2.10. The summed E-state index contributed by atoms with van der Waals surface area (Å²) in [5.41, 5.74) is 5.65. The third-order valence-corrected chi connectivity index (χ3v) is 1.74. The summed E-state index contributed by atoms with van der Waals surface area (Å²) in [6.45, 7) is 4.25. The summed E-state index contributed by atoms with van der Waals surface area (Å²) < 4.78 is 4.84. The average molecular weight is 198 g/mol. The zero-order valence-corrected chi connectivity index (χ0v) is 8.28. The van der Waals surface area contributed by atoms with E-state index in [1.165, 1.54) is 0 Å². The third-order valence-electron chi connectivity index (χ3n) is 1.74. The van der Waals surface area contributed by atoms with Crippen LogP contribution in [0.3, 0.4) is 0 Å². The SMILES string of the molecule is CCNC(=O)c1noc([C@H](N)CC)n1. The predicted molar refractivity (Wildman–Crippen MR) is 49.5 cm³/mol. The predicted octanol–water partition coefficient (Wildman–Crippen LogP) is 0.229. The second-order valence-electron chi connectivity index (χ2n) is 2.83. The van der Waals surface area contributed by atoms with Crippen LogP contribution in [0.15, 0.2) is 4.52 Å². The zero-order chi connectivity index (χ0) is 10.6. The van der Waals surface area contributed by atoms with E-state index in [2.05, 4.69) is 15.5 Å². The highest BCUT2D eigenvalue weighted by molar-refractivity contribution is 5.90. The molecule has 0 bridgehead atoms. The molecule has 1 rings (SSSR count). The molecule has 1 heterocycles. The molecule has 0 unspecified atom stereocenters. The standard InChI is InChI=1S/C8H14N4O2/c1-3-5(9)8-11-6(12-14-8)7(13)10-4-2/h5H,3-4,9H2,1-2H3,(H,10,13)/t5-/m1/s1. The van der Waals surface area contributed by atoms with Crippen molar-refractivity contribution < 1.29 is 9.32 Å². The highest BCUT2D eigenvalue weighted by atomic mass is 16.5. The second kappa shape index (κ2) is 4.71. The summed E-state index contributed by atoms with van der Waals surface area (Å²) in [4.78, 5) is 15.1. The molecule has 0 aliphatic heterocycles. The van der Waals surface area contributed by atoms with Gasteiger partial charge in [-0.25, -0.2) is 0 Å². The maximum atomic E-state index is 11.2. The number of nitrogens with zero attached hydrogens (tertiary/aromatic N) is 2. The fraction of sp³-hybridized carbons (Fsp3) is 0.625. The molecule has 0 saturated carbocycles. The van der Waals surface area contributed by atoms with Gasteiger partial charge < -0.3 is 15.6 Å². The fourth-order valence-corrected chi connectivity index (χ4v) is 0.892. The third kappa shape index (κ3) is 2.29. The van der Waals surface area contributed by atoms with Gasteiger partial charge in [-0.3, -0.25) is 4.79 Å². The van der Waals surface area contributed by atoms with E-state index in [4.69, 9.17) is 10.3 Å². The van der Waals surface area contributed by atoms with Crippen LogP contribution in [0.1, 0.15) is 42.8 Å². The van der Waals surface area contributed by atoms with Crippen LogP contribution < -0.4 is 11.1 Å². The van der Waals surface area contributed by atoms with Crippen LogP contribution >= 0.6 is 0 Å². The Labute approximate surface area is 81.9 Å². The topological polar surface area (TPSA) is 94.0 Å². The van der Waals surface area contributed by atoms with Gasteiger partial charge in [0.05, 0.1) is 6.04 Å². The van der Waals surface area contributed by atoms with E-state index in [1.807, 2.05) is 13.8 Å². The van der Waals surface area contributed by atoms with Gasteiger partial charge in [-0.1, -0.05) is 12.1 Å². The number of carbonyl (C=O) groups is 1. The Morgan fingerprint density at radius 3 is 2.93 bits per heavy atom. The summed E-state index contributed by atoms with van der Waals surface area (Å²) in [6.07, 6.45) is 0.691. The second-order valence-corrected chi connectivity index (χ2v) is 2.83. The molecule has 6 heteroatoms. The molecule has 0 radical (unpaired) electrons. The lowest BCUT2D eigenvalue weighted by Crippen LogP contribution is -2.24. The van der Waals surface area contributed by atoms with E-state index < -0.39 is 0 Å². The van der Waals surface area contributed by atoms with Gasteiger partial charge in [-0.05, 0) is 13.3 Å². The minimum atomic E-state index is -0.342. The highest BCUT2D eigenvalue weighted by Gasteiger charge is 2.16. The number of nitrogens with two attached hydrogens (primary N) is 1. The van der Waals surface area contributed by atoms with Crippen molar-refractivity contribution in [1.29, 1.82) is 0 Å². The van der Waals surface area contributed by atoms with Crippen LogP contribution in [0.25, 0.3) is 0 Å². The van der Waals surface area contributed by atoms with Gasteiger partial charge in [0, 0.05) is 6.54 Å². The van der Waals surface area contributed by atoms with Crippen molar-refractivity contribution in [3.05, 3.63) is 11.7 Å². The number of hydrogen-bond acceptors (Lipinski definition) is 5. The molecule has 14 heavy (non-hydrogen) atoms. The molecule has 3 N–H and O–H groups in total. The van der Waals surface area contributed by atoms with Gasteiger partial charge >= 0.3 is 0 Å². The van der Waals surface area contributed by atoms with E-state index in [0.29, 0.717) is 18.9 Å². The molecular formula is C8H14N4O2. The van der Waals surface area contributed by atoms with Crippen LogP contribution in [0.5, 0.6) is 0 Å². The number of hydrogen-bond donors (Lipinski definition) is 2. The smallest absolute Gasteiger partial charge is 0.292 e. The van der Waals surface area contributed by atoms with Crippen molar-refractivity contribution in [2.24, 2.45) is 5.73 Å². The normalized spacial score (nSPS) is 12.5. The van der Waals surface area contributed by atoms with Crippen LogP contribution in [0, 0.1) is 0 Å². The largest absolute Gasteiger partial charge is 0.349 e. The first-order chi connectivity index (χ1) is 6.69. The van der Waals surface area contributed by atoms with Gasteiger partial charge in [0.15, 0.2) is 0 Å². The van der Waals surface area contributed by atoms with Gasteiger partial charge in [0.2, 0.25) is 5.89 Å². The molecule has 0 spiro atoms. The first kappa shape index (κ1) is 10.6. The molecule has 1 aromatic rings. The fourth-order valence-electron chi connectivity index (χ4n) is 0.892. The van der Waals surface area contributed by atoms with Gasteiger partial charge in [0.1, 0.15) is 0 Å². The minimum Gasteiger partial charge on any atom is -0.349 e. The summed E-state index contributed by atoms with van der Waals surface area (Å²) in [6, 6.07) is -0.300. The van der Waals surface area contributed by atoms with E-state index in [0.717, 1.165) is 0 Å². The number of rotatable bonds is 4. The molecular weight excluding hydrogens is 184 g/mol. The lowest BCUT2D eigenvalue weighted by atomic mass is 10.2. The maximum absolute atomic E-state index is 11.2. The van der Waals surface area contributed by atoms with Crippen molar-refractivity contribution in [1.82, 2.24) is 15.5 Å². The molecule has 1 amide bonds. The Morgan fingerprint density at radius 1 is 1.64 bits per heavy atom. The van der Waals surface area contributed by atoms with Crippen molar-refractivity contribution in [3.63, 3.8) is 0 Å². The van der Waals surface area contributed by atoms with E-state index in [9.17, 15) is 4.79 Å². The Morgan fingerprint density at radius 2 is 2.36 bits per heavy atom. The van der Waals surface area contributed by atoms with E-state index >= 15 is 0 Å². The first-order valence-electron chi connectivity index (χ1n) is 4.56. The molecule has 0 saturated heterocycles. The minimum absolute atomic E-state index is 0.0331. The average Bonchev–Trinajstić information content (AvgIpc) is 2.66.